The van der Waals surface area contributed by atoms with Crippen LogP contribution in [0.25, 0.3) is 0 Å². The molecule has 0 N–H and O–H groups in total. The van der Waals surface area contributed by atoms with Crippen molar-refractivity contribution in [2.75, 3.05) is 0 Å². The molecule has 0 saturated heterocycles. The van der Waals surface area contributed by atoms with Crippen LogP contribution in [-0.4, -0.2) is 6.17 Å². The van der Waals surface area contributed by atoms with E-state index >= 15 is 0 Å². The van der Waals surface area contributed by atoms with E-state index in [1.165, 1.54) is 19.3 Å². The van der Waals surface area contributed by atoms with Crippen LogP contribution in [-0.2, 0) is 0 Å². The van der Waals surface area contributed by atoms with Gasteiger partial charge in [-0.1, -0.05) is 67.7 Å². The van der Waals surface area contributed by atoms with Crippen LogP contribution in [0.15, 0.2) is 0 Å². The van der Waals surface area contributed by atoms with Gasteiger partial charge in [0, 0.05) is 0 Å². The lowest BCUT2D eigenvalue weighted by atomic mass is 9.85. The number of rotatable bonds is 7. The van der Waals surface area contributed by atoms with Gasteiger partial charge in [0.2, 0.25) is 0 Å². The lowest BCUT2D eigenvalue weighted by molar-refractivity contribution is 0.155. The second-order valence-corrected chi connectivity index (χ2v) is 5.12. The minimum Gasteiger partial charge on any atom is -0.247 e. The van der Waals surface area contributed by atoms with Gasteiger partial charge in [-0.25, -0.2) is 4.39 Å². The highest BCUT2D eigenvalue weighted by atomic mass is 19.1. The molecule has 0 aromatic heterocycles. The summed E-state index contributed by atoms with van der Waals surface area (Å²) in [6.07, 6.45) is 3.74. The van der Waals surface area contributed by atoms with E-state index < -0.39 is 6.17 Å². The van der Waals surface area contributed by atoms with Crippen molar-refractivity contribution in [1.29, 1.82) is 0 Å². The predicted molar refractivity (Wildman–Crippen MR) is 73.6 cm³/mol. The van der Waals surface area contributed by atoms with Crippen molar-refractivity contribution in [3.8, 4) is 0 Å². The molecule has 0 aromatic rings. The maximum absolute atomic E-state index is 13.7. The number of alkyl halides is 1. The fourth-order valence-electron chi connectivity index (χ4n) is 1.81. The Bertz CT molecular complexity index is 131. The predicted octanol–water partition coefficient (Wildman–Crippen LogP) is 5.86. The van der Waals surface area contributed by atoms with E-state index in [4.69, 9.17) is 0 Å². The quantitative estimate of drug-likeness (QED) is 0.516. The molecule has 0 nitrogen and oxygen atoms in total. The van der Waals surface area contributed by atoms with Crippen LogP contribution < -0.4 is 0 Å². The molecule has 0 saturated carbocycles. The second-order valence-electron chi connectivity index (χ2n) is 5.12. The van der Waals surface area contributed by atoms with Gasteiger partial charge in [0.15, 0.2) is 0 Å². The molecule has 100 valence electrons. The van der Waals surface area contributed by atoms with Crippen LogP contribution in [0.4, 0.5) is 4.39 Å². The Hall–Kier alpha value is -0.0700. The largest absolute Gasteiger partial charge is 0.247 e. The average molecular weight is 232 g/mol. The summed E-state index contributed by atoms with van der Waals surface area (Å²) in [4.78, 5) is 0. The monoisotopic (exact) mass is 232 g/mol. The van der Waals surface area contributed by atoms with E-state index in [2.05, 4.69) is 34.6 Å². The van der Waals surface area contributed by atoms with Gasteiger partial charge in [0.1, 0.15) is 6.17 Å². The number of unbranched alkanes of at least 4 members (excludes halogenated alkanes) is 1. The van der Waals surface area contributed by atoms with Crippen LogP contribution in [0, 0.1) is 17.8 Å². The Labute approximate surface area is 103 Å². The molecule has 0 amide bonds. The van der Waals surface area contributed by atoms with Crippen molar-refractivity contribution < 1.29 is 4.39 Å². The van der Waals surface area contributed by atoms with Crippen molar-refractivity contribution in [3.05, 3.63) is 0 Å². The summed E-state index contributed by atoms with van der Waals surface area (Å²) in [6, 6.07) is 0. The van der Waals surface area contributed by atoms with Crippen LogP contribution in [0.1, 0.15) is 74.1 Å². The summed E-state index contributed by atoms with van der Waals surface area (Å²) in [6.45, 7) is 14.6. The Morgan fingerprint density at radius 1 is 1.00 bits per heavy atom. The summed E-state index contributed by atoms with van der Waals surface area (Å²) >= 11 is 0. The average Bonchev–Trinajstić information content (AvgIpc) is 2.26. The highest BCUT2D eigenvalue weighted by Crippen LogP contribution is 2.26. The topological polar surface area (TPSA) is 0 Å². The normalized spacial score (nSPS) is 16.3. The molecule has 0 aliphatic carbocycles. The van der Waals surface area contributed by atoms with E-state index in [1.807, 2.05) is 13.8 Å². The highest BCUT2D eigenvalue weighted by Gasteiger charge is 2.22. The molecular weight excluding hydrogens is 199 g/mol. The highest BCUT2D eigenvalue weighted by molar-refractivity contribution is 4.71. The smallest absolute Gasteiger partial charge is 0.103 e. The van der Waals surface area contributed by atoms with Gasteiger partial charge < -0.3 is 0 Å². The Kier molecular flexibility index (Phi) is 13.1. The van der Waals surface area contributed by atoms with Crippen LogP contribution in [0.2, 0.25) is 0 Å². The van der Waals surface area contributed by atoms with Crippen molar-refractivity contribution in [1.82, 2.24) is 0 Å². The van der Waals surface area contributed by atoms with E-state index in [0.717, 1.165) is 6.42 Å². The zero-order valence-corrected chi connectivity index (χ0v) is 12.5. The fourth-order valence-corrected chi connectivity index (χ4v) is 1.81. The molecule has 0 bridgehead atoms. The SMILES string of the molecule is CC.CCCCC(C)C(C)C(F)CC(C)C. The van der Waals surface area contributed by atoms with Gasteiger partial charge in [-0.3, -0.25) is 0 Å². The summed E-state index contributed by atoms with van der Waals surface area (Å²) < 4.78 is 13.7. The molecule has 0 aliphatic heterocycles. The molecule has 0 radical (unpaired) electrons. The lowest BCUT2D eigenvalue weighted by Crippen LogP contribution is -2.21. The van der Waals surface area contributed by atoms with Crippen molar-refractivity contribution in [3.63, 3.8) is 0 Å². The minimum atomic E-state index is -0.609. The zero-order valence-electron chi connectivity index (χ0n) is 12.5. The third-order valence-electron chi connectivity index (χ3n) is 3.18. The van der Waals surface area contributed by atoms with Gasteiger partial charge >= 0.3 is 0 Å². The molecule has 0 heterocycles. The molecule has 0 aliphatic rings. The molecule has 0 fully saturated rings. The fraction of sp³-hybridized carbons (Fsp3) is 1.00. The van der Waals surface area contributed by atoms with Gasteiger partial charge in [-0.2, -0.15) is 0 Å². The molecular formula is C15H33F. The molecule has 3 unspecified atom stereocenters. The van der Waals surface area contributed by atoms with Gasteiger partial charge in [0.25, 0.3) is 0 Å². The first-order valence-corrected chi connectivity index (χ1v) is 7.13. The number of halogens is 1. The van der Waals surface area contributed by atoms with Crippen molar-refractivity contribution >= 4 is 0 Å². The summed E-state index contributed by atoms with van der Waals surface area (Å²) in [5.74, 6) is 1.23. The molecule has 0 rings (SSSR count). The summed E-state index contributed by atoms with van der Waals surface area (Å²) in [5.41, 5.74) is 0. The first kappa shape index (κ1) is 18.3. The van der Waals surface area contributed by atoms with E-state index in [0.29, 0.717) is 11.8 Å². The summed E-state index contributed by atoms with van der Waals surface area (Å²) in [7, 11) is 0. The molecule has 0 spiro atoms. The first-order valence-electron chi connectivity index (χ1n) is 7.13. The molecule has 1 heteroatoms. The Balaban J connectivity index is 0. The minimum absolute atomic E-state index is 0.226. The maximum atomic E-state index is 13.7. The van der Waals surface area contributed by atoms with E-state index in [9.17, 15) is 4.39 Å². The summed E-state index contributed by atoms with van der Waals surface area (Å²) in [5, 5.41) is 0. The third-order valence-corrected chi connectivity index (χ3v) is 3.18. The van der Waals surface area contributed by atoms with Crippen molar-refractivity contribution in [2.24, 2.45) is 17.8 Å². The Morgan fingerprint density at radius 2 is 1.50 bits per heavy atom. The van der Waals surface area contributed by atoms with E-state index in [1.54, 1.807) is 0 Å². The van der Waals surface area contributed by atoms with Crippen LogP contribution in [0.5, 0.6) is 0 Å². The number of hydrogen-bond acceptors (Lipinski definition) is 0. The molecule has 16 heavy (non-hydrogen) atoms. The van der Waals surface area contributed by atoms with Crippen LogP contribution in [0.3, 0.4) is 0 Å². The third kappa shape index (κ3) is 9.18. The van der Waals surface area contributed by atoms with Gasteiger partial charge in [0.05, 0.1) is 0 Å². The lowest BCUT2D eigenvalue weighted by Gasteiger charge is -2.24. The van der Waals surface area contributed by atoms with Gasteiger partial charge in [-0.15, -0.1) is 0 Å². The Morgan fingerprint density at radius 3 is 1.88 bits per heavy atom. The molecule has 3 atom stereocenters. The second kappa shape index (κ2) is 11.4. The van der Waals surface area contributed by atoms with E-state index in [-0.39, 0.29) is 5.92 Å². The maximum Gasteiger partial charge on any atom is 0.103 e. The molecule has 0 aromatic carbocycles. The van der Waals surface area contributed by atoms with Crippen molar-refractivity contribution in [2.45, 2.75) is 80.3 Å². The first-order chi connectivity index (χ1) is 7.49. The number of hydrogen-bond donors (Lipinski definition) is 0. The van der Waals surface area contributed by atoms with Gasteiger partial charge in [-0.05, 0) is 24.2 Å². The zero-order chi connectivity index (χ0) is 13.1. The van der Waals surface area contributed by atoms with Crippen LogP contribution >= 0.6 is 0 Å². The standard InChI is InChI=1S/C13H27F.C2H6/c1-6-7-8-11(4)12(5)13(14)9-10(2)3;1-2/h10-13H,6-9H2,1-5H3;1-2H3.